The van der Waals surface area contributed by atoms with Gasteiger partial charge in [0.2, 0.25) is 5.91 Å². The third-order valence-corrected chi connectivity index (χ3v) is 2.60. The Balaban J connectivity index is 2.15. The maximum absolute atomic E-state index is 11.1. The van der Waals surface area contributed by atoms with E-state index in [1.54, 1.807) is 14.0 Å². The van der Waals surface area contributed by atoms with Gasteiger partial charge in [0.15, 0.2) is 0 Å². The molecule has 0 aromatic carbocycles. The van der Waals surface area contributed by atoms with Gasteiger partial charge in [0.1, 0.15) is 6.10 Å². The van der Waals surface area contributed by atoms with E-state index >= 15 is 0 Å². The molecule has 0 spiro atoms. The largest absolute Gasteiger partial charge is 0.368 e. The summed E-state index contributed by atoms with van der Waals surface area (Å²) in [4.78, 5) is 11.1. The van der Waals surface area contributed by atoms with Crippen molar-refractivity contribution >= 4 is 5.91 Å². The molecule has 1 saturated heterocycles. The molecule has 0 aliphatic carbocycles. The molecule has 1 aliphatic rings. The van der Waals surface area contributed by atoms with Crippen LogP contribution in [-0.2, 0) is 9.53 Å². The number of carbonyl (C=O) groups is 1. The van der Waals surface area contributed by atoms with Gasteiger partial charge in [0, 0.05) is 13.6 Å². The molecule has 0 saturated carbocycles. The lowest BCUT2D eigenvalue weighted by Gasteiger charge is -2.23. The number of amides is 1. The molecule has 14 heavy (non-hydrogen) atoms. The van der Waals surface area contributed by atoms with Crippen LogP contribution in [0.1, 0.15) is 19.8 Å². The predicted molar refractivity (Wildman–Crippen MR) is 55.1 cm³/mol. The molecule has 0 bridgehead atoms. The molecule has 1 heterocycles. The van der Waals surface area contributed by atoms with Crippen LogP contribution in [0.2, 0.25) is 0 Å². The molecular weight excluding hydrogens is 180 g/mol. The van der Waals surface area contributed by atoms with Gasteiger partial charge in [-0.05, 0) is 32.2 Å². The molecule has 2 unspecified atom stereocenters. The number of carbonyl (C=O) groups excluding carboxylic acids is 1. The lowest BCUT2D eigenvalue weighted by molar-refractivity contribution is -0.132. The van der Waals surface area contributed by atoms with Crippen molar-refractivity contribution in [3.8, 4) is 0 Å². The van der Waals surface area contributed by atoms with Crippen molar-refractivity contribution < 1.29 is 9.53 Å². The smallest absolute Gasteiger partial charge is 0.248 e. The van der Waals surface area contributed by atoms with E-state index in [0.29, 0.717) is 12.5 Å². The zero-order chi connectivity index (χ0) is 10.4. The van der Waals surface area contributed by atoms with Gasteiger partial charge >= 0.3 is 0 Å². The molecule has 1 amide bonds. The van der Waals surface area contributed by atoms with Gasteiger partial charge in [0.05, 0.1) is 6.61 Å². The standard InChI is InChI=1S/C10H20N2O2/c1-8(10(13)11-2)14-7-9-4-3-5-12-6-9/h8-9,12H,3-7H2,1-2H3,(H,11,13). The molecule has 0 aromatic heterocycles. The molecule has 1 rings (SSSR count). The van der Waals surface area contributed by atoms with E-state index in [0.717, 1.165) is 13.1 Å². The first-order valence-electron chi connectivity index (χ1n) is 5.28. The number of nitrogens with one attached hydrogen (secondary N) is 2. The fourth-order valence-electron chi connectivity index (χ4n) is 1.63. The zero-order valence-electron chi connectivity index (χ0n) is 9.01. The Labute approximate surface area is 85.4 Å². The Kier molecular flexibility index (Phi) is 4.90. The summed E-state index contributed by atoms with van der Waals surface area (Å²) in [5, 5.41) is 5.89. The van der Waals surface area contributed by atoms with Crippen LogP contribution in [0.4, 0.5) is 0 Å². The van der Waals surface area contributed by atoms with E-state index in [1.807, 2.05) is 0 Å². The summed E-state index contributed by atoms with van der Waals surface area (Å²) in [5.74, 6) is 0.518. The minimum atomic E-state index is -0.332. The van der Waals surface area contributed by atoms with Crippen LogP contribution in [-0.4, -0.2) is 38.8 Å². The highest BCUT2D eigenvalue weighted by molar-refractivity contribution is 5.79. The second-order valence-corrected chi connectivity index (χ2v) is 3.80. The molecule has 1 fully saturated rings. The van der Waals surface area contributed by atoms with Crippen molar-refractivity contribution in [2.75, 3.05) is 26.7 Å². The fourth-order valence-corrected chi connectivity index (χ4v) is 1.63. The molecule has 4 heteroatoms. The lowest BCUT2D eigenvalue weighted by atomic mass is 10.0. The van der Waals surface area contributed by atoms with Gasteiger partial charge in [-0.25, -0.2) is 0 Å². The first kappa shape index (κ1) is 11.5. The summed E-state index contributed by atoms with van der Waals surface area (Å²) in [7, 11) is 1.63. The molecule has 4 nitrogen and oxygen atoms in total. The van der Waals surface area contributed by atoms with E-state index < -0.39 is 0 Å². The highest BCUT2D eigenvalue weighted by Crippen LogP contribution is 2.10. The second kappa shape index (κ2) is 5.98. The average molecular weight is 200 g/mol. The Hall–Kier alpha value is -0.610. The van der Waals surface area contributed by atoms with Crippen molar-refractivity contribution in [2.24, 2.45) is 5.92 Å². The van der Waals surface area contributed by atoms with Crippen LogP contribution < -0.4 is 10.6 Å². The Morgan fingerprint density at radius 2 is 2.50 bits per heavy atom. The van der Waals surface area contributed by atoms with E-state index in [1.165, 1.54) is 12.8 Å². The predicted octanol–water partition coefficient (Wildman–Crippen LogP) is 0.137. The van der Waals surface area contributed by atoms with E-state index in [4.69, 9.17) is 4.74 Å². The summed E-state index contributed by atoms with van der Waals surface area (Å²) >= 11 is 0. The molecule has 1 aliphatic heterocycles. The van der Waals surface area contributed by atoms with Crippen LogP contribution in [0, 0.1) is 5.92 Å². The molecule has 2 atom stereocenters. The minimum absolute atomic E-state index is 0.0474. The molecule has 2 N–H and O–H groups in total. The molecular formula is C10H20N2O2. The number of hydrogen-bond donors (Lipinski definition) is 2. The SMILES string of the molecule is CNC(=O)C(C)OCC1CCCNC1. The number of piperidine rings is 1. The zero-order valence-corrected chi connectivity index (χ0v) is 9.01. The summed E-state index contributed by atoms with van der Waals surface area (Å²) in [6, 6.07) is 0. The van der Waals surface area contributed by atoms with Crippen molar-refractivity contribution in [3.63, 3.8) is 0 Å². The van der Waals surface area contributed by atoms with Crippen LogP contribution >= 0.6 is 0 Å². The number of rotatable bonds is 4. The van der Waals surface area contributed by atoms with E-state index in [2.05, 4.69) is 10.6 Å². The average Bonchev–Trinajstić information content (AvgIpc) is 2.26. The Morgan fingerprint density at radius 3 is 3.07 bits per heavy atom. The van der Waals surface area contributed by atoms with E-state index in [9.17, 15) is 4.79 Å². The lowest BCUT2D eigenvalue weighted by Crippen LogP contribution is -2.36. The van der Waals surface area contributed by atoms with Crippen LogP contribution in [0.5, 0.6) is 0 Å². The topological polar surface area (TPSA) is 50.4 Å². The second-order valence-electron chi connectivity index (χ2n) is 3.80. The monoisotopic (exact) mass is 200 g/mol. The Bertz CT molecular complexity index is 179. The first-order valence-corrected chi connectivity index (χ1v) is 5.28. The first-order chi connectivity index (χ1) is 6.74. The van der Waals surface area contributed by atoms with Crippen LogP contribution in [0.25, 0.3) is 0 Å². The summed E-state index contributed by atoms with van der Waals surface area (Å²) in [6.45, 7) is 4.60. The van der Waals surface area contributed by atoms with Gasteiger partial charge in [-0.3, -0.25) is 4.79 Å². The summed E-state index contributed by atoms with van der Waals surface area (Å²) in [6.07, 6.45) is 2.08. The van der Waals surface area contributed by atoms with Crippen LogP contribution in [0.15, 0.2) is 0 Å². The van der Waals surface area contributed by atoms with Crippen molar-refractivity contribution in [1.29, 1.82) is 0 Å². The third kappa shape index (κ3) is 3.64. The fraction of sp³-hybridized carbons (Fsp3) is 0.900. The normalized spacial score (nSPS) is 24.3. The maximum atomic E-state index is 11.1. The van der Waals surface area contributed by atoms with Gasteiger partial charge in [0.25, 0.3) is 0 Å². The van der Waals surface area contributed by atoms with Crippen molar-refractivity contribution in [2.45, 2.75) is 25.9 Å². The van der Waals surface area contributed by atoms with Gasteiger partial charge in [-0.2, -0.15) is 0 Å². The highest BCUT2D eigenvalue weighted by atomic mass is 16.5. The quantitative estimate of drug-likeness (QED) is 0.678. The number of hydrogen-bond acceptors (Lipinski definition) is 3. The third-order valence-electron chi connectivity index (χ3n) is 2.60. The summed E-state index contributed by atoms with van der Waals surface area (Å²) in [5.41, 5.74) is 0. The molecule has 0 radical (unpaired) electrons. The van der Waals surface area contributed by atoms with Gasteiger partial charge < -0.3 is 15.4 Å². The minimum Gasteiger partial charge on any atom is -0.368 e. The summed E-state index contributed by atoms with van der Waals surface area (Å²) < 4.78 is 5.48. The highest BCUT2D eigenvalue weighted by Gasteiger charge is 2.17. The molecule has 82 valence electrons. The van der Waals surface area contributed by atoms with Crippen molar-refractivity contribution in [1.82, 2.24) is 10.6 Å². The van der Waals surface area contributed by atoms with Crippen LogP contribution in [0.3, 0.4) is 0 Å². The number of likely N-dealkylation sites (N-methyl/N-ethyl adjacent to an activating group) is 1. The maximum Gasteiger partial charge on any atom is 0.248 e. The van der Waals surface area contributed by atoms with E-state index in [-0.39, 0.29) is 12.0 Å². The van der Waals surface area contributed by atoms with Gasteiger partial charge in [-0.1, -0.05) is 0 Å². The Morgan fingerprint density at radius 1 is 1.71 bits per heavy atom. The van der Waals surface area contributed by atoms with Gasteiger partial charge in [-0.15, -0.1) is 0 Å². The molecule has 0 aromatic rings. The van der Waals surface area contributed by atoms with Crippen molar-refractivity contribution in [3.05, 3.63) is 0 Å². The number of ether oxygens (including phenoxy) is 1.